The minimum atomic E-state index is -0.829. The highest BCUT2D eigenvalue weighted by atomic mass is 16.4. The summed E-state index contributed by atoms with van der Waals surface area (Å²) in [5.74, 6) is 2.55. The molecule has 174 valence electrons. The van der Waals surface area contributed by atoms with Crippen LogP contribution in [-0.4, -0.2) is 53.6 Å². The lowest BCUT2D eigenvalue weighted by molar-refractivity contribution is -0.138. The smallest absolute Gasteiger partial charge is 0.326 e. The van der Waals surface area contributed by atoms with Crippen molar-refractivity contribution in [2.24, 2.45) is 0 Å². The number of rotatable bonds is 6. The first-order chi connectivity index (χ1) is 17.0. The van der Waals surface area contributed by atoms with Gasteiger partial charge in [0.1, 0.15) is 17.6 Å². The Morgan fingerprint density at radius 3 is 2.77 bits per heavy atom. The SMILES string of the molecule is C#Cc1cccc(-c2cc(-c3cn(Cc4cccc(N5CCC[C@H]5C(=O)O)n4)nn3)nc(N)n2)c1. The van der Waals surface area contributed by atoms with Gasteiger partial charge >= 0.3 is 5.97 Å². The first kappa shape index (κ1) is 22.0. The van der Waals surface area contributed by atoms with Gasteiger partial charge in [0.05, 0.1) is 29.8 Å². The molecule has 3 aromatic heterocycles. The van der Waals surface area contributed by atoms with Gasteiger partial charge in [-0.15, -0.1) is 11.5 Å². The van der Waals surface area contributed by atoms with E-state index in [4.69, 9.17) is 12.2 Å². The van der Waals surface area contributed by atoms with Crippen molar-refractivity contribution in [3.63, 3.8) is 0 Å². The highest BCUT2D eigenvalue weighted by Gasteiger charge is 2.31. The lowest BCUT2D eigenvalue weighted by atomic mass is 10.1. The summed E-state index contributed by atoms with van der Waals surface area (Å²) in [6, 6.07) is 14.3. The summed E-state index contributed by atoms with van der Waals surface area (Å²) in [5.41, 5.74) is 9.98. The molecule has 0 radical (unpaired) electrons. The van der Waals surface area contributed by atoms with Crippen LogP contribution in [0.5, 0.6) is 0 Å². The first-order valence-electron chi connectivity index (χ1n) is 11.1. The molecule has 1 fully saturated rings. The fraction of sp³-hybridized carbons (Fsp3) is 0.200. The number of hydrogen-bond acceptors (Lipinski definition) is 8. The molecule has 0 amide bonds. The predicted octanol–water partition coefficient (Wildman–Crippen LogP) is 2.46. The molecule has 1 aliphatic rings. The summed E-state index contributed by atoms with van der Waals surface area (Å²) >= 11 is 0. The molecule has 3 N–H and O–H groups in total. The Balaban J connectivity index is 1.38. The Labute approximate surface area is 201 Å². The fourth-order valence-corrected chi connectivity index (χ4v) is 4.18. The number of nitrogens with two attached hydrogens (primary N) is 1. The second-order valence-corrected chi connectivity index (χ2v) is 8.20. The molecule has 0 saturated carbocycles. The third kappa shape index (κ3) is 4.65. The third-order valence-electron chi connectivity index (χ3n) is 5.82. The van der Waals surface area contributed by atoms with E-state index in [1.807, 2.05) is 47.4 Å². The van der Waals surface area contributed by atoms with Crippen LogP contribution in [0.3, 0.4) is 0 Å². The number of carbonyl (C=O) groups is 1. The Kier molecular flexibility index (Phi) is 5.81. The lowest BCUT2D eigenvalue weighted by Gasteiger charge is -2.22. The Bertz CT molecular complexity index is 1440. The number of benzene rings is 1. The summed E-state index contributed by atoms with van der Waals surface area (Å²) in [4.78, 5) is 26.7. The molecule has 1 saturated heterocycles. The van der Waals surface area contributed by atoms with Crippen molar-refractivity contribution in [3.8, 4) is 35.0 Å². The molecular formula is C25H22N8O2. The van der Waals surface area contributed by atoms with Crippen LogP contribution in [0, 0.1) is 12.3 Å². The van der Waals surface area contributed by atoms with E-state index in [-0.39, 0.29) is 5.95 Å². The topological polar surface area (TPSA) is 136 Å². The normalized spacial score (nSPS) is 15.2. The van der Waals surface area contributed by atoms with Gasteiger partial charge in [0, 0.05) is 17.7 Å². The minimum absolute atomic E-state index is 0.117. The molecule has 4 aromatic rings. The van der Waals surface area contributed by atoms with Crippen molar-refractivity contribution < 1.29 is 9.90 Å². The molecule has 1 aromatic carbocycles. The van der Waals surface area contributed by atoms with Gasteiger partial charge in [0.25, 0.3) is 0 Å². The molecule has 10 heteroatoms. The highest BCUT2D eigenvalue weighted by Crippen LogP contribution is 2.26. The van der Waals surface area contributed by atoms with Crippen molar-refractivity contribution >= 4 is 17.7 Å². The van der Waals surface area contributed by atoms with Crippen LogP contribution in [0.25, 0.3) is 22.6 Å². The van der Waals surface area contributed by atoms with Crippen molar-refractivity contribution in [1.82, 2.24) is 29.9 Å². The summed E-state index contributed by atoms with van der Waals surface area (Å²) < 4.78 is 1.65. The van der Waals surface area contributed by atoms with Crippen LogP contribution >= 0.6 is 0 Å². The van der Waals surface area contributed by atoms with E-state index in [9.17, 15) is 9.90 Å². The number of hydrogen-bond donors (Lipinski definition) is 2. The number of nitrogens with zero attached hydrogens (tertiary/aromatic N) is 7. The maximum absolute atomic E-state index is 11.5. The second kappa shape index (κ2) is 9.23. The van der Waals surface area contributed by atoms with Crippen LogP contribution in [0.2, 0.25) is 0 Å². The zero-order valence-electron chi connectivity index (χ0n) is 18.7. The average Bonchev–Trinajstić information content (AvgIpc) is 3.54. The molecule has 0 unspecified atom stereocenters. The van der Waals surface area contributed by atoms with Gasteiger partial charge in [-0.25, -0.2) is 24.4 Å². The molecule has 35 heavy (non-hydrogen) atoms. The largest absolute Gasteiger partial charge is 0.480 e. The number of terminal acetylenes is 1. The fourth-order valence-electron chi connectivity index (χ4n) is 4.18. The van der Waals surface area contributed by atoms with Gasteiger partial charge in [-0.2, -0.15) is 0 Å². The number of anilines is 2. The number of carboxylic acids is 1. The molecule has 5 rings (SSSR count). The molecule has 1 atom stereocenters. The Hall–Kier alpha value is -4.78. The van der Waals surface area contributed by atoms with Crippen LogP contribution in [0.1, 0.15) is 24.1 Å². The van der Waals surface area contributed by atoms with Crippen molar-refractivity contribution in [2.45, 2.75) is 25.4 Å². The van der Waals surface area contributed by atoms with Gasteiger partial charge in [-0.05, 0) is 43.2 Å². The lowest BCUT2D eigenvalue weighted by Crippen LogP contribution is -2.36. The van der Waals surface area contributed by atoms with E-state index in [2.05, 4.69) is 31.2 Å². The van der Waals surface area contributed by atoms with Crippen LogP contribution in [-0.2, 0) is 11.3 Å². The highest BCUT2D eigenvalue weighted by molar-refractivity contribution is 5.78. The minimum Gasteiger partial charge on any atom is -0.480 e. The van der Waals surface area contributed by atoms with Crippen LogP contribution in [0.15, 0.2) is 54.7 Å². The molecule has 4 heterocycles. The third-order valence-corrected chi connectivity index (χ3v) is 5.82. The number of aliphatic carboxylic acids is 1. The maximum Gasteiger partial charge on any atom is 0.326 e. The van der Waals surface area contributed by atoms with Gasteiger partial charge < -0.3 is 15.7 Å². The monoisotopic (exact) mass is 466 g/mol. The second-order valence-electron chi connectivity index (χ2n) is 8.20. The zero-order valence-corrected chi connectivity index (χ0v) is 18.7. The molecule has 1 aliphatic heterocycles. The Morgan fingerprint density at radius 1 is 1.11 bits per heavy atom. The maximum atomic E-state index is 11.5. The number of carboxylic acid groups (broad SMARTS) is 1. The molecule has 0 spiro atoms. The quantitative estimate of drug-likeness (QED) is 0.411. The van der Waals surface area contributed by atoms with Gasteiger partial charge in [-0.3, -0.25) is 0 Å². The van der Waals surface area contributed by atoms with E-state index >= 15 is 0 Å². The number of nitrogen functional groups attached to an aromatic ring is 1. The Morgan fingerprint density at radius 2 is 1.94 bits per heavy atom. The van der Waals surface area contributed by atoms with E-state index in [0.717, 1.165) is 23.2 Å². The van der Waals surface area contributed by atoms with E-state index in [1.165, 1.54) is 0 Å². The molecule has 0 aliphatic carbocycles. The molecular weight excluding hydrogens is 444 g/mol. The zero-order chi connectivity index (χ0) is 24.4. The number of aromatic nitrogens is 6. The summed E-state index contributed by atoms with van der Waals surface area (Å²) in [6.45, 7) is 1.03. The van der Waals surface area contributed by atoms with Crippen molar-refractivity contribution in [3.05, 3.63) is 66.0 Å². The van der Waals surface area contributed by atoms with E-state index in [0.29, 0.717) is 42.4 Å². The standard InChI is InChI=1S/C25H22N8O2/c1-2-16-6-3-7-17(12-16)19-13-20(29-25(26)28-19)21-15-32(31-30-21)14-18-8-4-10-23(27-18)33-11-5-9-22(33)24(34)35/h1,3-4,6-8,10,12-13,15,22H,5,9,11,14H2,(H,34,35)(H2,26,28,29)/t22-/m0/s1. The van der Waals surface area contributed by atoms with Gasteiger partial charge in [-0.1, -0.05) is 29.3 Å². The van der Waals surface area contributed by atoms with Crippen LogP contribution < -0.4 is 10.6 Å². The molecule has 10 nitrogen and oxygen atoms in total. The summed E-state index contributed by atoms with van der Waals surface area (Å²) in [7, 11) is 0. The van der Waals surface area contributed by atoms with Crippen molar-refractivity contribution in [1.29, 1.82) is 0 Å². The predicted molar refractivity (Wildman–Crippen MR) is 130 cm³/mol. The van der Waals surface area contributed by atoms with E-state index in [1.54, 1.807) is 16.9 Å². The van der Waals surface area contributed by atoms with Crippen LogP contribution in [0.4, 0.5) is 11.8 Å². The van der Waals surface area contributed by atoms with Gasteiger partial charge in [0.15, 0.2) is 0 Å². The first-order valence-corrected chi connectivity index (χ1v) is 11.1. The number of pyridine rings is 1. The van der Waals surface area contributed by atoms with E-state index < -0.39 is 12.0 Å². The molecule has 0 bridgehead atoms. The van der Waals surface area contributed by atoms with Crippen molar-refractivity contribution in [2.75, 3.05) is 17.2 Å². The average molecular weight is 467 g/mol. The van der Waals surface area contributed by atoms with Gasteiger partial charge in [0.2, 0.25) is 5.95 Å². The summed E-state index contributed by atoms with van der Waals surface area (Å²) in [6.07, 6.45) is 8.72. The summed E-state index contributed by atoms with van der Waals surface area (Å²) in [5, 5.41) is 17.9.